The summed E-state index contributed by atoms with van der Waals surface area (Å²) in [5.74, 6) is -0.232. The molecule has 0 bridgehead atoms. The van der Waals surface area contributed by atoms with Gasteiger partial charge >= 0.3 is 6.36 Å². The van der Waals surface area contributed by atoms with Crippen molar-refractivity contribution in [1.82, 2.24) is 9.78 Å². The predicted octanol–water partition coefficient (Wildman–Crippen LogP) is 4.70. The van der Waals surface area contributed by atoms with Gasteiger partial charge in [-0.05, 0) is 53.7 Å². The van der Waals surface area contributed by atoms with Crippen LogP contribution in [0.3, 0.4) is 0 Å². The van der Waals surface area contributed by atoms with E-state index in [9.17, 15) is 13.2 Å². The number of hydrogen-bond acceptors (Lipinski definition) is 3. The Kier molecular flexibility index (Phi) is 4.07. The average molecular weight is 379 g/mol. The average Bonchev–Trinajstić information content (AvgIpc) is 2.87. The molecule has 0 aliphatic carbocycles. The van der Waals surface area contributed by atoms with Crippen LogP contribution in [0.5, 0.6) is 5.75 Å². The topological polar surface area (TPSA) is 36.3 Å². The first-order valence-corrected chi connectivity index (χ1v) is 7.70. The molecule has 0 saturated carbocycles. The number of hydrogen-bond donors (Lipinski definition) is 0. The summed E-state index contributed by atoms with van der Waals surface area (Å²) >= 11 is 3.20. The Hall–Kier alpha value is -1.28. The lowest BCUT2D eigenvalue weighted by molar-refractivity contribution is -0.275. The van der Waals surface area contributed by atoms with Crippen LogP contribution in [-0.2, 0) is 4.74 Å². The molecule has 2 aromatic rings. The first-order chi connectivity index (χ1) is 10.4. The molecule has 22 heavy (non-hydrogen) atoms. The van der Waals surface area contributed by atoms with Crippen molar-refractivity contribution in [3.05, 3.63) is 22.3 Å². The SMILES string of the molecule is Cc1cc2c(cnn2C2CCCCO2)c(Br)c1OC(F)(F)F. The van der Waals surface area contributed by atoms with Gasteiger partial charge in [0.15, 0.2) is 6.23 Å². The minimum Gasteiger partial charge on any atom is -0.404 e. The number of nitrogens with zero attached hydrogens (tertiary/aromatic N) is 2. The predicted molar refractivity (Wildman–Crippen MR) is 77.7 cm³/mol. The molecule has 2 heterocycles. The van der Waals surface area contributed by atoms with Crippen LogP contribution in [0, 0.1) is 6.92 Å². The van der Waals surface area contributed by atoms with Crippen LogP contribution in [0.4, 0.5) is 13.2 Å². The molecule has 0 amide bonds. The third-order valence-electron chi connectivity index (χ3n) is 3.63. The number of alkyl halides is 3. The van der Waals surface area contributed by atoms with Gasteiger partial charge in [-0.1, -0.05) is 0 Å². The summed E-state index contributed by atoms with van der Waals surface area (Å²) in [6.07, 6.45) is -0.479. The fraction of sp³-hybridized carbons (Fsp3) is 0.500. The number of rotatable bonds is 2. The summed E-state index contributed by atoms with van der Waals surface area (Å²) in [5, 5.41) is 4.85. The van der Waals surface area contributed by atoms with Crippen LogP contribution < -0.4 is 4.74 Å². The third-order valence-corrected chi connectivity index (χ3v) is 4.41. The molecule has 1 aromatic heterocycles. The molecule has 3 rings (SSSR count). The van der Waals surface area contributed by atoms with E-state index >= 15 is 0 Å². The lowest BCUT2D eigenvalue weighted by Gasteiger charge is -2.23. The van der Waals surface area contributed by atoms with E-state index in [-0.39, 0.29) is 16.5 Å². The van der Waals surface area contributed by atoms with Crippen molar-refractivity contribution < 1.29 is 22.6 Å². The normalized spacial score (nSPS) is 19.6. The van der Waals surface area contributed by atoms with Crippen LogP contribution in [-0.4, -0.2) is 22.7 Å². The number of halogens is 4. The van der Waals surface area contributed by atoms with E-state index in [4.69, 9.17) is 4.74 Å². The highest BCUT2D eigenvalue weighted by Crippen LogP contribution is 2.40. The quantitative estimate of drug-likeness (QED) is 0.759. The smallest absolute Gasteiger partial charge is 0.404 e. The van der Waals surface area contributed by atoms with E-state index in [0.717, 1.165) is 24.8 Å². The molecule has 0 N–H and O–H groups in total. The first-order valence-electron chi connectivity index (χ1n) is 6.90. The molecule has 120 valence electrons. The highest BCUT2D eigenvalue weighted by Gasteiger charge is 2.33. The van der Waals surface area contributed by atoms with Gasteiger partial charge in [-0.2, -0.15) is 5.10 Å². The summed E-state index contributed by atoms with van der Waals surface area (Å²) in [5.41, 5.74) is 1.11. The van der Waals surface area contributed by atoms with E-state index in [1.165, 1.54) is 6.20 Å². The van der Waals surface area contributed by atoms with Gasteiger partial charge in [0.25, 0.3) is 0 Å². The van der Waals surface area contributed by atoms with Gasteiger partial charge in [0.1, 0.15) is 5.75 Å². The summed E-state index contributed by atoms with van der Waals surface area (Å²) in [4.78, 5) is 0. The van der Waals surface area contributed by atoms with Gasteiger partial charge in [0.05, 0.1) is 16.2 Å². The van der Waals surface area contributed by atoms with Gasteiger partial charge in [0, 0.05) is 12.0 Å². The Bertz CT molecular complexity index is 693. The summed E-state index contributed by atoms with van der Waals surface area (Å²) in [6.45, 7) is 2.24. The van der Waals surface area contributed by atoms with Gasteiger partial charge < -0.3 is 9.47 Å². The number of ether oxygens (including phenoxy) is 2. The molecule has 8 heteroatoms. The second kappa shape index (κ2) is 5.73. The van der Waals surface area contributed by atoms with Crippen LogP contribution >= 0.6 is 15.9 Å². The molecule has 1 fully saturated rings. The van der Waals surface area contributed by atoms with Crippen molar-refractivity contribution in [3.63, 3.8) is 0 Å². The van der Waals surface area contributed by atoms with E-state index in [0.29, 0.717) is 17.6 Å². The van der Waals surface area contributed by atoms with E-state index in [1.54, 1.807) is 17.7 Å². The molecule has 0 radical (unpaired) electrons. The highest BCUT2D eigenvalue weighted by atomic mass is 79.9. The lowest BCUT2D eigenvalue weighted by atomic mass is 10.1. The van der Waals surface area contributed by atoms with E-state index < -0.39 is 6.36 Å². The number of fused-ring (bicyclic) bond motifs is 1. The molecule has 1 aliphatic heterocycles. The summed E-state index contributed by atoms with van der Waals surface area (Å²) in [6, 6.07) is 1.64. The molecule has 1 saturated heterocycles. The number of aryl methyl sites for hydroxylation is 1. The second-order valence-electron chi connectivity index (χ2n) is 5.23. The zero-order valence-electron chi connectivity index (χ0n) is 11.8. The molecule has 1 aromatic carbocycles. The van der Waals surface area contributed by atoms with Gasteiger partial charge in [-0.25, -0.2) is 4.68 Å². The van der Waals surface area contributed by atoms with Crippen LogP contribution in [0.25, 0.3) is 10.9 Å². The molecular formula is C14H14BrF3N2O2. The molecule has 1 aliphatic rings. The molecule has 0 spiro atoms. The Morgan fingerprint density at radius 2 is 2.18 bits per heavy atom. The van der Waals surface area contributed by atoms with Crippen molar-refractivity contribution >= 4 is 26.8 Å². The Morgan fingerprint density at radius 1 is 1.41 bits per heavy atom. The van der Waals surface area contributed by atoms with Gasteiger partial charge in [-0.3, -0.25) is 0 Å². The maximum Gasteiger partial charge on any atom is 0.573 e. The monoisotopic (exact) mass is 378 g/mol. The largest absolute Gasteiger partial charge is 0.573 e. The maximum atomic E-state index is 12.5. The second-order valence-corrected chi connectivity index (χ2v) is 6.02. The van der Waals surface area contributed by atoms with Crippen molar-refractivity contribution in [2.24, 2.45) is 0 Å². The lowest BCUT2D eigenvalue weighted by Crippen LogP contribution is -2.19. The fourth-order valence-corrected chi connectivity index (χ4v) is 3.34. The standard InChI is InChI=1S/C14H14BrF3N2O2/c1-8-6-10-9(12(15)13(8)22-14(16,17)18)7-19-20(10)11-4-2-3-5-21-11/h6-7,11H,2-5H2,1H3. The number of aromatic nitrogens is 2. The van der Waals surface area contributed by atoms with Crippen molar-refractivity contribution in [3.8, 4) is 5.75 Å². The molecular weight excluding hydrogens is 365 g/mol. The Balaban J connectivity index is 2.06. The van der Waals surface area contributed by atoms with E-state index in [1.807, 2.05) is 0 Å². The van der Waals surface area contributed by atoms with Crippen LogP contribution in [0.15, 0.2) is 16.7 Å². The van der Waals surface area contributed by atoms with Gasteiger partial charge in [-0.15, -0.1) is 13.2 Å². The summed E-state index contributed by atoms with van der Waals surface area (Å²) < 4.78 is 49.3. The summed E-state index contributed by atoms with van der Waals surface area (Å²) in [7, 11) is 0. The number of benzene rings is 1. The third kappa shape index (κ3) is 2.94. The molecule has 1 atom stereocenters. The van der Waals surface area contributed by atoms with Crippen molar-refractivity contribution in [2.45, 2.75) is 38.8 Å². The molecule has 1 unspecified atom stereocenters. The zero-order chi connectivity index (χ0) is 15.9. The van der Waals surface area contributed by atoms with Gasteiger partial charge in [0.2, 0.25) is 0 Å². The van der Waals surface area contributed by atoms with Crippen LogP contribution in [0.2, 0.25) is 0 Å². The first kappa shape index (κ1) is 15.6. The maximum absolute atomic E-state index is 12.5. The molecule has 4 nitrogen and oxygen atoms in total. The van der Waals surface area contributed by atoms with Crippen molar-refractivity contribution in [2.75, 3.05) is 6.61 Å². The fourth-order valence-electron chi connectivity index (χ4n) is 2.64. The highest BCUT2D eigenvalue weighted by molar-refractivity contribution is 9.10. The van der Waals surface area contributed by atoms with Crippen molar-refractivity contribution in [1.29, 1.82) is 0 Å². The Labute approximate surface area is 133 Å². The Morgan fingerprint density at radius 3 is 2.82 bits per heavy atom. The zero-order valence-corrected chi connectivity index (χ0v) is 13.4. The van der Waals surface area contributed by atoms with Crippen LogP contribution in [0.1, 0.15) is 31.1 Å². The van der Waals surface area contributed by atoms with E-state index in [2.05, 4.69) is 25.8 Å². The minimum absolute atomic E-state index is 0.174. The minimum atomic E-state index is -4.73.